The highest BCUT2D eigenvalue weighted by molar-refractivity contribution is 5.10. The molecule has 76 valence electrons. The minimum atomic E-state index is 0.00398. The van der Waals surface area contributed by atoms with Gasteiger partial charge < -0.3 is 5.21 Å². The molecule has 1 saturated heterocycles. The van der Waals surface area contributed by atoms with Crippen LogP contribution in [-0.4, -0.2) is 23.4 Å². The number of rotatable bonds is 1. The third kappa shape index (κ3) is 1.58. The van der Waals surface area contributed by atoms with Gasteiger partial charge in [0.2, 0.25) is 0 Å². The van der Waals surface area contributed by atoms with Crippen LogP contribution in [0.15, 0.2) is 24.5 Å². The summed E-state index contributed by atoms with van der Waals surface area (Å²) in [5.41, 5.74) is 0.921. The van der Waals surface area contributed by atoms with Crippen LogP contribution in [0.5, 0.6) is 0 Å². The summed E-state index contributed by atoms with van der Waals surface area (Å²) < 4.78 is 0.789. The highest BCUT2D eigenvalue weighted by Gasteiger charge is 2.39. The lowest BCUT2D eigenvalue weighted by Crippen LogP contribution is -2.40. The number of hydroxylamine groups is 3. The van der Waals surface area contributed by atoms with E-state index in [1.807, 2.05) is 6.07 Å². The fraction of sp³-hybridized carbons (Fsp3) is 0.500. The summed E-state index contributed by atoms with van der Waals surface area (Å²) in [6.45, 7) is 0.762. The molecule has 0 aromatic carbocycles. The maximum atomic E-state index is 11.1. The van der Waals surface area contributed by atoms with Crippen LogP contribution in [-0.2, 0) is 0 Å². The molecule has 2 atom stereocenters. The van der Waals surface area contributed by atoms with Gasteiger partial charge >= 0.3 is 0 Å². The van der Waals surface area contributed by atoms with Crippen molar-refractivity contribution in [3.63, 3.8) is 0 Å². The second-order valence-corrected chi connectivity index (χ2v) is 4.09. The zero-order chi connectivity index (χ0) is 10.2. The van der Waals surface area contributed by atoms with Gasteiger partial charge in [0, 0.05) is 18.9 Å². The minimum Gasteiger partial charge on any atom is -0.619 e. The SMILES string of the molecule is C[N@+]1(O)CCC[C@H]1c1ccc[n+]([O-])c1. The second kappa shape index (κ2) is 3.22. The van der Waals surface area contributed by atoms with Crippen LogP contribution in [0.2, 0.25) is 0 Å². The fourth-order valence-corrected chi connectivity index (χ4v) is 2.20. The Kier molecular flexibility index (Phi) is 2.17. The first-order valence-corrected chi connectivity index (χ1v) is 4.86. The fourth-order valence-electron chi connectivity index (χ4n) is 2.20. The molecule has 1 aromatic heterocycles. The zero-order valence-electron chi connectivity index (χ0n) is 8.26. The van der Waals surface area contributed by atoms with E-state index < -0.39 is 0 Å². The van der Waals surface area contributed by atoms with Crippen molar-refractivity contribution in [2.45, 2.75) is 18.9 Å². The maximum absolute atomic E-state index is 11.1. The molecule has 1 N–H and O–H groups in total. The standard InChI is InChI=1S/C10H15N2O2/c1-12(14)7-3-5-10(12)9-4-2-6-11(13)8-9/h2,4,6,8,10,14H,3,5,7H2,1H3/q+1/t10-,12-/m0/s1. The van der Waals surface area contributed by atoms with Crippen molar-refractivity contribution in [3.05, 3.63) is 35.3 Å². The maximum Gasteiger partial charge on any atom is 0.189 e. The van der Waals surface area contributed by atoms with E-state index in [9.17, 15) is 10.4 Å². The second-order valence-electron chi connectivity index (χ2n) is 4.09. The van der Waals surface area contributed by atoms with E-state index in [1.165, 1.54) is 6.20 Å². The van der Waals surface area contributed by atoms with E-state index in [2.05, 4.69) is 0 Å². The zero-order valence-corrected chi connectivity index (χ0v) is 8.26. The van der Waals surface area contributed by atoms with Gasteiger partial charge in [0.05, 0.1) is 12.6 Å². The Labute approximate surface area is 83.1 Å². The molecule has 0 spiro atoms. The van der Waals surface area contributed by atoms with Gasteiger partial charge in [0.15, 0.2) is 12.4 Å². The highest BCUT2D eigenvalue weighted by atomic mass is 16.5. The molecule has 2 rings (SSSR count). The predicted octanol–water partition coefficient (Wildman–Crippen LogP) is 0.991. The molecule has 0 bridgehead atoms. The van der Waals surface area contributed by atoms with Crippen LogP contribution in [0.4, 0.5) is 0 Å². The molecule has 2 heterocycles. The van der Waals surface area contributed by atoms with Crippen LogP contribution in [0.1, 0.15) is 24.4 Å². The lowest BCUT2D eigenvalue weighted by Gasteiger charge is -2.26. The van der Waals surface area contributed by atoms with Crippen LogP contribution >= 0.6 is 0 Å². The Morgan fingerprint density at radius 2 is 2.43 bits per heavy atom. The molecular weight excluding hydrogens is 180 g/mol. The molecule has 1 aliphatic rings. The van der Waals surface area contributed by atoms with Crippen molar-refractivity contribution >= 4 is 0 Å². The lowest BCUT2D eigenvalue weighted by molar-refractivity contribution is -1.10. The average Bonchev–Trinajstić information content (AvgIpc) is 2.45. The molecule has 0 amide bonds. The van der Waals surface area contributed by atoms with Crippen molar-refractivity contribution in [2.75, 3.05) is 13.6 Å². The Morgan fingerprint density at radius 1 is 1.64 bits per heavy atom. The van der Waals surface area contributed by atoms with Gasteiger partial charge in [-0.2, -0.15) is 9.38 Å². The van der Waals surface area contributed by atoms with E-state index in [-0.39, 0.29) is 10.7 Å². The molecule has 1 fully saturated rings. The van der Waals surface area contributed by atoms with E-state index >= 15 is 0 Å². The molecule has 1 aromatic rings. The number of likely N-dealkylation sites (tertiary alicyclic amines) is 1. The Bertz CT molecular complexity index is 339. The van der Waals surface area contributed by atoms with E-state index in [0.717, 1.165) is 29.7 Å². The van der Waals surface area contributed by atoms with Gasteiger partial charge in [-0.25, -0.2) is 5.21 Å². The topological polar surface area (TPSA) is 47.2 Å². The lowest BCUT2D eigenvalue weighted by atomic mass is 10.1. The summed E-state index contributed by atoms with van der Waals surface area (Å²) in [5, 5.41) is 21.1. The molecule has 0 radical (unpaired) electrons. The minimum absolute atomic E-state index is 0.00398. The van der Waals surface area contributed by atoms with Crippen molar-refractivity contribution in [2.24, 2.45) is 0 Å². The number of nitrogens with zero attached hydrogens (tertiary/aromatic N) is 2. The van der Waals surface area contributed by atoms with Crippen molar-refractivity contribution in [1.29, 1.82) is 0 Å². The molecule has 4 nitrogen and oxygen atoms in total. The third-order valence-electron chi connectivity index (χ3n) is 2.94. The summed E-state index contributed by atoms with van der Waals surface area (Å²) in [6, 6.07) is 3.68. The monoisotopic (exact) mass is 195 g/mol. The van der Waals surface area contributed by atoms with E-state index in [4.69, 9.17) is 0 Å². The predicted molar refractivity (Wildman–Crippen MR) is 50.2 cm³/mol. The Hall–Kier alpha value is -1.13. The Morgan fingerprint density at radius 3 is 3.00 bits per heavy atom. The van der Waals surface area contributed by atoms with Gasteiger partial charge in [-0.05, 0) is 6.07 Å². The number of pyridine rings is 1. The number of hydrogen-bond donors (Lipinski definition) is 1. The summed E-state index contributed by atoms with van der Waals surface area (Å²) >= 11 is 0. The third-order valence-corrected chi connectivity index (χ3v) is 2.94. The number of quaternary nitrogens is 1. The molecular formula is C10H15N2O2+. The van der Waals surface area contributed by atoms with Gasteiger partial charge in [0.25, 0.3) is 0 Å². The first-order chi connectivity index (χ1) is 6.59. The number of hydrogen-bond acceptors (Lipinski definition) is 2. The van der Waals surface area contributed by atoms with Crippen LogP contribution in [0.25, 0.3) is 0 Å². The smallest absolute Gasteiger partial charge is 0.189 e. The normalized spacial score (nSPS) is 32.0. The summed E-state index contributed by atoms with van der Waals surface area (Å²) in [7, 11) is 1.79. The van der Waals surface area contributed by atoms with Crippen LogP contribution in [0.3, 0.4) is 0 Å². The van der Waals surface area contributed by atoms with Crippen molar-refractivity contribution in [1.82, 2.24) is 0 Å². The first kappa shape index (κ1) is 9.43. The number of aromatic nitrogens is 1. The molecule has 4 heteroatoms. The van der Waals surface area contributed by atoms with Crippen LogP contribution < -0.4 is 4.73 Å². The summed E-state index contributed by atoms with van der Waals surface area (Å²) in [5.74, 6) is 0. The van der Waals surface area contributed by atoms with Gasteiger partial charge in [0.1, 0.15) is 12.6 Å². The molecule has 1 aliphatic heterocycles. The van der Waals surface area contributed by atoms with E-state index in [1.54, 1.807) is 19.3 Å². The van der Waals surface area contributed by atoms with Crippen molar-refractivity contribution < 1.29 is 14.6 Å². The summed E-state index contributed by atoms with van der Waals surface area (Å²) in [6.07, 6.45) is 4.95. The molecule has 0 unspecified atom stereocenters. The Balaban J connectivity index is 2.31. The van der Waals surface area contributed by atoms with Crippen molar-refractivity contribution in [3.8, 4) is 0 Å². The molecule has 0 aliphatic carbocycles. The summed E-state index contributed by atoms with van der Waals surface area (Å²) in [4.78, 5) is 0. The van der Waals surface area contributed by atoms with E-state index in [0.29, 0.717) is 0 Å². The average molecular weight is 195 g/mol. The van der Waals surface area contributed by atoms with Gasteiger partial charge in [-0.1, -0.05) is 0 Å². The highest BCUT2D eigenvalue weighted by Crippen LogP contribution is 2.34. The van der Waals surface area contributed by atoms with Crippen LogP contribution in [0, 0.1) is 5.21 Å². The quantitative estimate of drug-likeness (QED) is 0.412. The first-order valence-electron chi connectivity index (χ1n) is 4.86. The van der Waals surface area contributed by atoms with Gasteiger partial charge in [-0.3, -0.25) is 0 Å². The molecule has 0 saturated carbocycles. The largest absolute Gasteiger partial charge is 0.619 e. The van der Waals surface area contributed by atoms with Gasteiger partial charge in [-0.15, -0.1) is 0 Å². The molecule has 14 heavy (non-hydrogen) atoms.